The van der Waals surface area contributed by atoms with Crippen molar-refractivity contribution in [3.05, 3.63) is 29.3 Å². The molecule has 0 aliphatic carbocycles. The average Bonchev–Trinajstić information content (AvgIpc) is 2.40. The zero-order valence-corrected chi connectivity index (χ0v) is 15.0. The summed E-state index contributed by atoms with van der Waals surface area (Å²) in [6.07, 6.45) is 2.08. The van der Waals surface area contributed by atoms with Gasteiger partial charge in [-0.05, 0) is 37.0 Å². The van der Waals surface area contributed by atoms with E-state index < -0.39 is 10.0 Å². The van der Waals surface area contributed by atoms with E-state index in [4.69, 9.17) is 0 Å². The Labute approximate surface area is 131 Å². The van der Waals surface area contributed by atoms with Crippen LogP contribution in [0.4, 0.5) is 0 Å². The number of benzene rings is 1. The molecule has 0 spiro atoms. The van der Waals surface area contributed by atoms with E-state index >= 15 is 0 Å². The highest BCUT2D eigenvalue weighted by molar-refractivity contribution is 9.09. The molecule has 0 saturated heterocycles. The zero-order chi connectivity index (χ0) is 15.3. The van der Waals surface area contributed by atoms with E-state index in [1.54, 1.807) is 6.07 Å². The van der Waals surface area contributed by atoms with Gasteiger partial charge in [-0.15, -0.1) is 0 Å². The van der Waals surface area contributed by atoms with Crippen LogP contribution in [0, 0.1) is 19.8 Å². The first-order valence-corrected chi connectivity index (χ1v) is 9.42. The van der Waals surface area contributed by atoms with Crippen molar-refractivity contribution in [1.82, 2.24) is 4.72 Å². The highest BCUT2D eigenvalue weighted by Crippen LogP contribution is 2.21. The third-order valence-corrected chi connectivity index (χ3v) is 6.30. The predicted molar refractivity (Wildman–Crippen MR) is 87.9 cm³/mol. The summed E-state index contributed by atoms with van der Waals surface area (Å²) >= 11 is 3.60. The Kier molecular flexibility index (Phi) is 6.69. The minimum atomic E-state index is -3.44. The molecule has 3 nitrogen and oxygen atoms in total. The Morgan fingerprint density at radius 2 is 1.80 bits per heavy atom. The first-order chi connectivity index (χ1) is 9.31. The zero-order valence-electron chi connectivity index (χ0n) is 12.6. The number of hydrogen-bond donors (Lipinski definition) is 1. The van der Waals surface area contributed by atoms with Crippen molar-refractivity contribution in [2.24, 2.45) is 5.92 Å². The Morgan fingerprint density at radius 3 is 2.35 bits per heavy atom. The van der Waals surface area contributed by atoms with Crippen molar-refractivity contribution in [2.45, 2.75) is 50.3 Å². The molecule has 0 aromatic heterocycles. The van der Waals surface area contributed by atoms with Crippen LogP contribution in [-0.4, -0.2) is 19.8 Å². The normalized spacial score (nSPS) is 13.7. The van der Waals surface area contributed by atoms with Crippen molar-refractivity contribution in [2.75, 3.05) is 6.54 Å². The number of sulfonamides is 1. The van der Waals surface area contributed by atoms with Gasteiger partial charge in [0.15, 0.2) is 0 Å². The first-order valence-electron chi connectivity index (χ1n) is 7.02. The van der Waals surface area contributed by atoms with Gasteiger partial charge in [0.1, 0.15) is 0 Å². The average molecular weight is 362 g/mol. The Balaban J connectivity index is 2.83. The van der Waals surface area contributed by atoms with Gasteiger partial charge in [0.05, 0.1) is 4.90 Å². The molecule has 0 aliphatic rings. The molecule has 0 aliphatic heterocycles. The Bertz CT molecular complexity index is 539. The van der Waals surface area contributed by atoms with E-state index in [9.17, 15) is 8.42 Å². The number of aryl methyl sites for hydroxylation is 2. The Morgan fingerprint density at radius 1 is 1.20 bits per heavy atom. The summed E-state index contributed by atoms with van der Waals surface area (Å²) in [7, 11) is -3.44. The molecule has 0 amide bonds. The number of halogens is 1. The summed E-state index contributed by atoms with van der Waals surface area (Å²) in [4.78, 5) is 0.541. The predicted octanol–water partition coefficient (Wildman–Crippen LogP) is 3.78. The van der Waals surface area contributed by atoms with Gasteiger partial charge in [0.2, 0.25) is 10.0 Å². The van der Waals surface area contributed by atoms with E-state index in [0.717, 1.165) is 24.0 Å². The number of nitrogens with one attached hydrogen (secondary N) is 1. The van der Waals surface area contributed by atoms with E-state index in [1.807, 2.05) is 26.0 Å². The standard InChI is InChI=1S/C15H24BrNO2S/c1-5-13(6-2)14(16)10-17-20(18,19)15-9-11(3)7-8-12(15)4/h7-9,13-14,17H,5-6,10H2,1-4H3. The van der Waals surface area contributed by atoms with Crippen LogP contribution in [0.25, 0.3) is 0 Å². The molecule has 114 valence electrons. The van der Waals surface area contributed by atoms with Crippen LogP contribution in [0.5, 0.6) is 0 Å². The monoisotopic (exact) mass is 361 g/mol. The fraction of sp³-hybridized carbons (Fsp3) is 0.600. The van der Waals surface area contributed by atoms with Crippen molar-refractivity contribution < 1.29 is 8.42 Å². The van der Waals surface area contributed by atoms with Gasteiger partial charge >= 0.3 is 0 Å². The molecule has 1 aromatic rings. The summed E-state index contributed by atoms with van der Waals surface area (Å²) in [6, 6.07) is 5.49. The summed E-state index contributed by atoms with van der Waals surface area (Å²) in [6.45, 7) is 8.39. The first kappa shape index (κ1) is 17.7. The minimum Gasteiger partial charge on any atom is -0.210 e. The largest absolute Gasteiger partial charge is 0.240 e. The number of alkyl halides is 1. The maximum Gasteiger partial charge on any atom is 0.240 e. The maximum atomic E-state index is 12.4. The summed E-state index contributed by atoms with van der Waals surface area (Å²) in [5.74, 6) is 0.483. The van der Waals surface area contributed by atoms with Gasteiger partial charge in [-0.25, -0.2) is 13.1 Å². The van der Waals surface area contributed by atoms with E-state index in [-0.39, 0.29) is 4.83 Å². The molecule has 0 heterocycles. The van der Waals surface area contributed by atoms with E-state index in [0.29, 0.717) is 17.4 Å². The minimum absolute atomic E-state index is 0.164. The quantitative estimate of drug-likeness (QED) is 0.751. The highest BCUT2D eigenvalue weighted by Gasteiger charge is 2.21. The lowest BCUT2D eigenvalue weighted by Gasteiger charge is -2.20. The van der Waals surface area contributed by atoms with Crippen LogP contribution in [0.15, 0.2) is 23.1 Å². The molecule has 0 saturated carbocycles. The van der Waals surface area contributed by atoms with E-state index in [2.05, 4.69) is 34.5 Å². The summed E-state index contributed by atoms with van der Waals surface area (Å²) in [5.41, 5.74) is 1.73. The SMILES string of the molecule is CCC(CC)C(Br)CNS(=O)(=O)c1cc(C)ccc1C. The number of rotatable bonds is 7. The second-order valence-corrected chi connectivity index (χ2v) is 8.12. The fourth-order valence-electron chi connectivity index (χ4n) is 2.23. The smallest absolute Gasteiger partial charge is 0.210 e. The molecular weight excluding hydrogens is 338 g/mol. The highest BCUT2D eigenvalue weighted by atomic mass is 79.9. The maximum absolute atomic E-state index is 12.4. The second-order valence-electron chi connectivity index (χ2n) is 5.21. The van der Waals surface area contributed by atoms with Crippen molar-refractivity contribution >= 4 is 26.0 Å². The molecular formula is C15H24BrNO2S. The van der Waals surface area contributed by atoms with Crippen LogP contribution in [0.3, 0.4) is 0 Å². The van der Waals surface area contributed by atoms with Crippen LogP contribution < -0.4 is 4.72 Å². The van der Waals surface area contributed by atoms with Crippen LogP contribution in [0.1, 0.15) is 37.8 Å². The molecule has 20 heavy (non-hydrogen) atoms. The van der Waals surface area contributed by atoms with Gasteiger partial charge < -0.3 is 0 Å². The second kappa shape index (κ2) is 7.57. The fourth-order valence-corrected chi connectivity index (χ4v) is 4.74. The number of hydrogen-bond acceptors (Lipinski definition) is 2. The lowest BCUT2D eigenvalue weighted by molar-refractivity contribution is 0.471. The molecule has 1 aromatic carbocycles. The van der Waals surface area contributed by atoms with Crippen molar-refractivity contribution in [3.63, 3.8) is 0 Å². The lowest BCUT2D eigenvalue weighted by Crippen LogP contribution is -2.33. The molecule has 1 rings (SSSR count). The molecule has 0 radical (unpaired) electrons. The summed E-state index contributed by atoms with van der Waals surface area (Å²) in [5, 5.41) is 0. The van der Waals surface area contributed by atoms with Crippen LogP contribution >= 0.6 is 15.9 Å². The molecule has 0 fully saturated rings. The van der Waals surface area contributed by atoms with Crippen molar-refractivity contribution in [3.8, 4) is 0 Å². The molecule has 1 atom stereocenters. The van der Waals surface area contributed by atoms with Crippen LogP contribution in [-0.2, 0) is 10.0 Å². The molecule has 5 heteroatoms. The van der Waals surface area contributed by atoms with Crippen LogP contribution in [0.2, 0.25) is 0 Å². The Hall–Kier alpha value is -0.390. The van der Waals surface area contributed by atoms with E-state index in [1.165, 1.54) is 0 Å². The summed E-state index contributed by atoms with van der Waals surface area (Å²) < 4.78 is 27.5. The van der Waals surface area contributed by atoms with Gasteiger partial charge in [-0.2, -0.15) is 0 Å². The van der Waals surface area contributed by atoms with Crippen molar-refractivity contribution in [1.29, 1.82) is 0 Å². The van der Waals surface area contributed by atoms with Gasteiger partial charge in [-0.3, -0.25) is 0 Å². The molecule has 1 N–H and O–H groups in total. The van der Waals surface area contributed by atoms with Gasteiger partial charge in [0, 0.05) is 11.4 Å². The van der Waals surface area contributed by atoms with Gasteiger partial charge in [0.25, 0.3) is 0 Å². The lowest BCUT2D eigenvalue weighted by atomic mass is 10.00. The third kappa shape index (κ3) is 4.57. The van der Waals surface area contributed by atoms with Gasteiger partial charge in [-0.1, -0.05) is 54.8 Å². The topological polar surface area (TPSA) is 46.2 Å². The molecule has 0 bridgehead atoms. The molecule has 1 unspecified atom stereocenters. The third-order valence-electron chi connectivity index (χ3n) is 3.66.